The Morgan fingerprint density at radius 3 is 2.59 bits per heavy atom. The third-order valence-corrected chi connectivity index (χ3v) is 5.09. The van der Waals surface area contributed by atoms with Crippen molar-refractivity contribution in [3.8, 4) is 0 Å². The number of halogens is 1. The molecule has 3 heteroatoms. The lowest BCUT2D eigenvalue weighted by Gasteiger charge is -2.26. The molecule has 1 heterocycles. The molecule has 1 saturated carbocycles. The second-order valence-electron chi connectivity index (χ2n) is 4.97. The molecule has 0 N–H and O–H groups in total. The molecule has 0 atom stereocenters. The molecule has 1 fully saturated rings. The molecule has 2 rings (SSSR count). The van der Waals surface area contributed by atoms with E-state index in [0.717, 1.165) is 28.0 Å². The Morgan fingerprint density at radius 2 is 2.06 bits per heavy atom. The third-order valence-electron chi connectivity index (χ3n) is 3.86. The minimum atomic E-state index is 0.304. The topological polar surface area (TPSA) is 17.1 Å². The largest absolute Gasteiger partial charge is 0.299 e. The Morgan fingerprint density at radius 1 is 1.35 bits per heavy atom. The van der Waals surface area contributed by atoms with Crippen LogP contribution in [0.1, 0.15) is 43.9 Å². The number of hydrogen-bond donors (Lipinski definition) is 0. The van der Waals surface area contributed by atoms with Crippen molar-refractivity contribution in [1.82, 2.24) is 0 Å². The van der Waals surface area contributed by atoms with Gasteiger partial charge in [0.15, 0.2) is 0 Å². The van der Waals surface area contributed by atoms with Crippen LogP contribution in [0.5, 0.6) is 0 Å². The standard InChI is InChI=1S/C14H19ClOS/c1-2-10-3-5-11(6-4-10)13(16)9-12-7-8-14(15)17-12/h7-8,10-11H,2-6,9H2,1H3. The first-order valence-corrected chi connectivity index (χ1v) is 7.65. The Balaban J connectivity index is 1.85. The van der Waals surface area contributed by atoms with Crippen LogP contribution in [0.2, 0.25) is 4.34 Å². The predicted molar refractivity (Wildman–Crippen MR) is 73.8 cm³/mol. The number of carbonyl (C=O) groups excluding carboxylic acids is 1. The lowest BCUT2D eigenvalue weighted by molar-refractivity contribution is -0.123. The van der Waals surface area contributed by atoms with Gasteiger partial charge in [0.05, 0.1) is 4.34 Å². The van der Waals surface area contributed by atoms with Gasteiger partial charge in [0.1, 0.15) is 5.78 Å². The molecule has 0 unspecified atom stereocenters. The van der Waals surface area contributed by atoms with E-state index >= 15 is 0 Å². The molecular weight excluding hydrogens is 252 g/mol. The summed E-state index contributed by atoms with van der Waals surface area (Å²) in [5.41, 5.74) is 0. The number of hydrogen-bond acceptors (Lipinski definition) is 2. The highest BCUT2D eigenvalue weighted by molar-refractivity contribution is 7.16. The zero-order valence-electron chi connectivity index (χ0n) is 10.2. The maximum Gasteiger partial charge on any atom is 0.141 e. The molecular formula is C14H19ClOS. The van der Waals surface area contributed by atoms with Gasteiger partial charge in [-0.25, -0.2) is 0 Å². The molecule has 1 aliphatic carbocycles. The first kappa shape index (κ1) is 13.1. The zero-order chi connectivity index (χ0) is 12.3. The fraction of sp³-hybridized carbons (Fsp3) is 0.643. The Labute approximate surface area is 112 Å². The molecule has 0 spiro atoms. The minimum Gasteiger partial charge on any atom is -0.299 e. The van der Waals surface area contributed by atoms with E-state index in [1.807, 2.05) is 12.1 Å². The van der Waals surface area contributed by atoms with Crippen molar-refractivity contribution in [2.24, 2.45) is 11.8 Å². The highest BCUT2D eigenvalue weighted by Crippen LogP contribution is 2.32. The van der Waals surface area contributed by atoms with Crippen molar-refractivity contribution in [3.63, 3.8) is 0 Å². The van der Waals surface area contributed by atoms with Crippen molar-refractivity contribution in [2.45, 2.75) is 45.4 Å². The van der Waals surface area contributed by atoms with Crippen LogP contribution < -0.4 is 0 Å². The van der Waals surface area contributed by atoms with Crippen LogP contribution in [0.15, 0.2) is 12.1 Å². The van der Waals surface area contributed by atoms with Crippen LogP contribution >= 0.6 is 22.9 Å². The van der Waals surface area contributed by atoms with Gasteiger partial charge in [0, 0.05) is 17.2 Å². The molecule has 1 aromatic rings. The first-order valence-electron chi connectivity index (χ1n) is 6.46. The zero-order valence-corrected chi connectivity index (χ0v) is 11.8. The van der Waals surface area contributed by atoms with E-state index in [-0.39, 0.29) is 0 Å². The summed E-state index contributed by atoms with van der Waals surface area (Å²) in [6.45, 7) is 2.25. The van der Waals surface area contributed by atoms with Crippen molar-refractivity contribution in [3.05, 3.63) is 21.3 Å². The van der Waals surface area contributed by atoms with Crippen LogP contribution in [0.4, 0.5) is 0 Å². The Kier molecular flexibility index (Phi) is 4.63. The molecule has 0 bridgehead atoms. The lowest BCUT2D eigenvalue weighted by Crippen LogP contribution is -2.22. The predicted octanol–water partition coefficient (Wildman–Crippen LogP) is 4.73. The summed E-state index contributed by atoms with van der Waals surface area (Å²) in [5.74, 6) is 1.58. The summed E-state index contributed by atoms with van der Waals surface area (Å²) < 4.78 is 0.780. The molecule has 1 nitrogen and oxygen atoms in total. The highest BCUT2D eigenvalue weighted by atomic mass is 35.5. The monoisotopic (exact) mass is 270 g/mol. The van der Waals surface area contributed by atoms with Crippen molar-refractivity contribution < 1.29 is 4.79 Å². The number of Topliss-reactive ketones (excluding diaryl/α,β-unsaturated/α-hetero) is 1. The number of thiophene rings is 1. The summed E-state index contributed by atoms with van der Waals surface area (Å²) >= 11 is 7.40. The Bertz CT molecular complexity index is 377. The van der Waals surface area contributed by atoms with Crippen LogP contribution in [0.25, 0.3) is 0 Å². The number of carbonyl (C=O) groups is 1. The molecule has 94 valence electrons. The van der Waals surface area contributed by atoms with Crippen LogP contribution in [-0.2, 0) is 11.2 Å². The lowest BCUT2D eigenvalue weighted by atomic mass is 9.78. The van der Waals surface area contributed by atoms with Gasteiger partial charge in [-0.2, -0.15) is 0 Å². The molecule has 17 heavy (non-hydrogen) atoms. The average molecular weight is 271 g/mol. The van der Waals surface area contributed by atoms with Gasteiger partial charge in [0.25, 0.3) is 0 Å². The molecule has 1 aromatic heterocycles. The molecule has 0 aromatic carbocycles. The summed E-state index contributed by atoms with van der Waals surface area (Å²) in [7, 11) is 0. The second kappa shape index (κ2) is 6.01. The third kappa shape index (κ3) is 3.56. The summed E-state index contributed by atoms with van der Waals surface area (Å²) in [6, 6.07) is 3.85. The van der Waals surface area contributed by atoms with Crippen molar-refractivity contribution in [2.75, 3.05) is 0 Å². The van der Waals surface area contributed by atoms with E-state index in [1.54, 1.807) is 0 Å². The van der Waals surface area contributed by atoms with E-state index in [1.165, 1.54) is 30.6 Å². The molecule has 0 radical (unpaired) electrons. The molecule has 0 amide bonds. The average Bonchev–Trinajstić information content (AvgIpc) is 2.75. The fourth-order valence-corrected chi connectivity index (χ4v) is 3.75. The summed E-state index contributed by atoms with van der Waals surface area (Å²) in [4.78, 5) is 13.2. The smallest absolute Gasteiger partial charge is 0.141 e. The van der Waals surface area contributed by atoms with Gasteiger partial charge in [-0.1, -0.05) is 24.9 Å². The first-order chi connectivity index (χ1) is 8.19. The summed E-state index contributed by atoms with van der Waals surface area (Å²) in [6.07, 6.45) is 6.50. The SMILES string of the molecule is CCC1CCC(C(=O)Cc2ccc(Cl)s2)CC1. The molecule has 1 aliphatic rings. The van der Waals surface area contributed by atoms with E-state index in [4.69, 9.17) is 11.6 Å². The fourth-order valence-electron chi connectivity index (χ4n) is 2.66. The van der Waals surface area contributed by atoms with E-state index < -0.39 is 0 Å². The van der Waals surface area contributed by atoms with E-state index in [2.05, 4.69) is 6.92 Å². The molecule has 0 aliphatic heterocycles. The van der Waals surface area contributed by atoms with Crippen LogP contribution in [-0.4, -0.2) is 5.78 Å². The Hall–Kier alpha value is -0.340. The molecule has 0 saturated heterocycles. The number of rotatable bonds is 4. The van der Waals surface area contributed by atoms with Gasteiger partial charge < -0.3 is 0 Å². The second-order valence-corrected chi connectivity index (χ2v) is 6.77. The van der Waals surface area contributed by atoms with Crippen molar-refractivity contribution in [1.29, 1.82) is 0 Å². The van der Waals surface area contributed by atoms with Crippen molar-refractivity contribution >= 4 is 28.7 Å². The highest BCUT2D eigenvalue weighted by Gasteiger charge is 2.25. The minimum absolute atomic E-state index is 0.304. The maximum absolute atomic E-state index is 12.1. The van der Waals surface area contributed by atoms with Gasteiger partial charge in [-0.15, -0.1) is 11.3 Å². The van der Waals surface area contributed by atoms with E-state index in [9.17, 15) is 4.79 Å². The van der Waals surface area contributed by atoms with Gasteiger partial charge in [-0.3, -0.25) is 4.79 Å². The number of ketones is 1. The van der Waals surface area contributed by atoms with Gasteiger partial charge in [0.2, 0.25) is 0 Å². The van der Waals surface area contributed by atoms with Gasteiger partial charge in [-0.05, 0) is 43.7 Å². The quantitative estimate of drug-likeness (QED) is 0.773. The maximum atomic E-state index is 12.1. The van der Waals surface area contributed by atoms with E-state index in [0.29, 0.717) is 18.1 Å². The van der Waals surface area contributed by atoms with Crippen LogP contribution in [0, 0.1) is 11.8 Å². The van der Waals surface area contributed by atoms with Gasteiger partial charge >= 0.3 is 0 Å². The normalized spacial score (nSPS) is 24.8. The summed E-state index contributed by atoms with van der Waals surface area (Å²) in [5, 5.41) is 0. The van der Waals surface area contributed by atoms with Crippen LogP contribution in [0.3, 0.4) is 0 Å².